The summed E-state index contributed by atoms with van der Waals surface area (Å²) in [6.07, 6.45) is 4.35. The maximum Gasteiger partial charge on any atom is 0.353 e. The van der Waals surface area contributed by atoms with Crippen molar-refractivity contribution in [3.63, 3.8) is 0 Å². The lowest BCUT2D eigenvalue weighted by molar-refractivity contribution is -0.504. The van der Waals surface area contributed by atoms with Crippen molar-refractivity contribution < 1.29 is 32.1 Å². The SMILES string of the molecule is CC1S[C@@H]2[C@H]([NH+]=C3CCCC3)C(=O)N2C(C(=O)O)=C1Cl.[Cl-]. The van der Waals surface area contributed by atoms with Crippen LogP contribution in [0.3, 0.4) is 0 Å². The number of nitrogens with zero attached hydrogens (tertiary/aromatic N) is 1. The molecule has 2 aliphatic heterocycles. The summed E-state index contributed by atoms with van der Waals surface area (Å²) >= 11 is 7.60. The Balaban J connectivity index is 0.00000161. The molecule has 1 amide bonds. The number of carbonyl (C=O) groups is 2. The minimum Gasteiger partial charge on any atom is -1.00 e. The molecule has 0 bridgehead atoms. The van der Waals surface area contributed by atoms with Crippen LogP contribution in [-0.4, -0.2) is 44.3 Å². The van der Waals surface area contributed by atoms with Crippen LogP contribution >= 0.6 is 23.4 Å². The zero-order valence-electron chi connectivity index (χ0n) is 11.4. The summed E-state index contributed by atoms with van der Waals surface area (Å²) in [5.41, 5.74) is 1.16. The van der Waals surface area contributed by atoms with E-state index in [2.05, 4.69) is 4.99 Å². The highest BCUT2D eigenvalue weighted by molar-refractivity contribution is 8.01. The summed E-state index contributed by atoms with van der Waals surface area (Å²) in [6, 6.07) is -0.310. The highest BCUT2D eigenvalue weighted by Crippen LogP contribution is 2.44. The van der Waals surface area contributed by atoms with Gasteiger partial charge in [0.15, 0.2) is 11.1 Å². The Morgan fingerprint density at radius 1 is 1.43 bits per heavy atom. The Morgan fingerprint density at radius 2 is 2.05 bits per heavy atom. The van der Waals surface area contributed by atoms with Crippen LogP contribution in [-0.2, 0) is 9.59 Å². The lowest BCUT2D eigenvalue weighted by Crippen LogP contribution is -3.00. The standard InChI is InChI=1S/C13H15ClN2O3S.ClH/c1-6-8(14)10(13(18)19)16-11(17)9(12(16)20-6)15-7-4-2-3-5-7;/h6,9,12H,2-5H2,1H3,(H,18,19);1H/t6?,9-,12-;/m1./s1. The average molecular weight is 351 g/mol. The van der Waals surface area contributed by atoms with Crippen LogP contribution in [0.4, 0.5) is 0 Å². The van der Waals surface area contributed by atoms with E-state index < -0.39 is 5.97 Å². The fourth-order valence-corrected chi connectivity index (χ4v) is 4.57. The molecule has 3 aliphatic rings. The molecule has 0 aromatic rings. The molecule has 0 aromatic carbocycles. The predicted molar refractivity (Wildman–Crippen MR) is 76.4 cm³/mol. The number of carboxylic acids is 1. The molecule has 3 atom stereocenters. The normalized spacial score (nSPS) is 31.5. The molecule has 1 unspecified atom stereocenters. The number of halogens is 2. The number of thioether (sulfide) groups is 1. The Hall–Kier alpha value is -0.720. The van der Waals surface area contributed by atoms with Gasteiger partial charge in [-0.1, -0.05) is 11.6 Å². The molecule has 8 heteroatoms. The first-order chi connectivity index (χ1) is 9.50. The number of hydrogen-bond acceptors (Lipinski definition) is 3. The third kappa shape index (κ3) is 2.69. The number of rotatable bonds is 2. The van der Waals surface area contributed by atoms with E-state index >= 15 is 0 Å². The zero-order valence-corrected chi connectivity index (χ0v) is 13.8. The molecule has 2 fully saturated rings. The number of β-lactam (4-membered cyclic amide) rings is 1. The Labute approximate surface area is 138 Å². The molecule has 116 valence electrons. The number of amides is 1. The molecule has 1 aliphatic carbocycles. The lowest BCUT2D eigenvalue weighted by Gasteiger charge is -2.45. The number of carbonyl (C=O) groups excluding carboxylic acids is 1. The summed E-state index contributed by atoms with van der Waals surface area (Å²) in [6.45, 7) is 1.87. The van der Waals surface area contributed by atoms with Gasteiger partial charge in [-0.05, 0) is 19.8 Å². The maximum atomic E-state index is 12.2. The summed E-state index contributed by atoms with van der Waals surface area (Å²) in [5, 5.41) is 9.25. The lowest BCUT2D eigenvalue weighted by atomic mass is 10.0. The van der Waals surface area contributed by atoms with Crippen molar-refractivity contribution in [3.05, 3.63) is 10.7 Å². The highest BCUT2D eigenvalue weighted by Gasteiger charge is 2.58. The zero-order chi connectivity index (χ0) is 14.4. The number of carboxylic acid groups (broad SMARTS) is 1. The van der Waals surface area contributed by atoms with Crippen LogP contribution < -0.4 is 17.4 Å². The van der Waals surface area contributed by atoms with E-state index in [1.807, 2.05) is 6.92 Å². The summed E-state index contributed by atoms with van der Waals surface area (Å²) in [4.78, 5) is 28.2. The third-order valence-electron chi connectivity index (χ3n) is 3.98. The van der Waals surface area contributed by atoms with Crippen LogP contribution in [0.2, 0.25) is 0 Å². The number of nitrogens with one attached hydrogen (secondary N) is 1. The topological polar surface area (TPSA) is 71.6 Å². The molecule has 0 radical (unpaired) electrons. The van der Waals surface area contributed by atoms with Gasteiger partial charge in [0.1, 0.15) is 5.70 Å². The van der Waals surface area contributed by atoms with Gasteiger partial charge in [0.05, 0.1) is 5.03 Å². The van der Waals surface area contributed by atoms with Crippen molar-refractivity contribution in [1.29, 1.82) is 0 Å². The largest absolute Gasteiger partial charge is 1.00 e. The van der Waals surface area contributed by atoms with Crippen LogP contribution in [0.5, 0.6) is 0 Å². The van der Waals surface area contributed by atoms with Crippen molar-refractivity contribution in [2.45, 2.75) is 49.3 Å². The Kier molecular flexibility index (Phi) is 4.90. The smallest absolute Gasteiger partial charge is 0.353 e. The first kappa shape index (κ1) is 16.6. The molecule has 2 heterocycles. The third-order valence-corrected chi connectivity index (χ3v) is 6.02. The van der Waals surface area contributed by atoms with Gasteiger partial charge in [-0.3, -0.25) is 9.69 Å². The van der Waals surface area contributed by atoms with Crippen molar-refractivity contribution >= 4 is 41.0 Å². The van der Waals surface area contributed by atoms with Crippen LogP contribution in [0.1, 0.15) is 32.6 Å². The Bertz CT molecular complexity index is 542. The van der Waals surface area contributed by atoms with Gasteiger partial charge in [-0.2, -0.15) is 0 Å². The minimum atomic E-state index is -1.13. The fraction of sp³-hybridized carbons (Fsp3) is 0.615. The second kappa shape index (κ2) is 6.18. The van der Waals surface area contributed by atoms with E-state index in [1.54, 1.807) is 0 Å². The van der Waals surface area contributed by atoms with Gasteiger partial charge in [-0.25, -0.2) is 9.79 Å². The van der Waals surface area contributed by atoms with E-state index in [4.69, 9.17) is 11.6 Å². The van der Waals surface area contributed by atoms with Gasteiger partial charge < -0.3 is 17.5 Å². The number of aliphatic carboxylic acids is 1. The minimum absolute atomic E-state index is 0. The van der Waals surface area contributed by atoms with Gasteiger partial charge in [0.2, 0.25) is 0 Å². The first-order valence-electron chi connectivity index (χ1n) is 6.73. The summed E-state index contributed by atoms with van der Waals surface area (Å²) in [7, 11) is 0. The molecule has 0 spiro atoms. The van der Waals surface area contributed by atoms with Gasteiger partial charge >= 0.3 is 5.97 Å². The molecule has 2 N–H and O–H groups in total. The van der Waals surface area contributed by atoms with E-state index in [1.165, 1.54) is 22.4 Å². The van der Waals surface area contributed by atoms with Crippen molar-refractivity contribution in [2.75, 3.05) is 0 Å². The fourth-order valence-electron chi connectivity index (χ4n) is 2.92. The van der Waals surface area contributed by atoms with E-state index in [-0.39, 0.29) is 45.7 Å². The molecule has 0 aromatic heterocycles. The predicted octanol–water partition coefficient (Wildman–Crippen LogP) is -2.71. The molecular formula is C13H16Cl2N2O3S. The van der Waals surface area contributed by atoms with Gasteiger partial charge in [0, 0.05) is 18.1 Å². The van der Waals surface area contributed by atoms with Crippen LogP contribution in [0.15, 0.2) is 10.7 Å². The molecule has 21 heavy (non-hydrogen) atoms. The quantitative estimate of drug-likeness (QED) is 0.531. The monoisotopic (exact) mass is 350 g/mol. The van der Waals surface area contributed by atoms with Crippen LogP contribution in [0, 0.1) is 0 Å². The van der Waals surface area contributed by atoms with E-state index in [0.29, 0.717) is 0 Å². The van der Waals surface area contributed by atoms with Crippen LogP contribution in [0.25, 0.3) is 0 Å². The van der Waals surface area contributed by atoms with E-state index in [0.717, 1.165) is 25.7 Å². The first-order valence-corrected chi connectivity index (χ1v) is 8.05. The Morgan fingerprint density at radius 3 is 2.62 bits per heavy atom. The van der Waals surface area contributed by atoms with E-state index in [9.17, 15) is 14.7 Å². The van der Waals surface area contributed by atoms with Gasteiger partial charge in [-0.15, -0.1) is 11.8 Å². The number of fused-ring (bicyclic) bond motifs is 1. The van der Waals surface area contributed by atoms with Gasteiger partial charge in [0.25, 0.3) is 11.9 Å². The highest BCUT2D eigenvalue weighted by atomic mass is 35.5. The van der Waals surface area contributed by atoms with Crippen molar-refractivity contribution in [1.82, 2.24) is 4.90 Å². The molecule has 5 nitrogen and oxygen atoms in total. The molecule has 3 rings (SSSR count). The van der Waals surface area contributed by atoms with Crippen molar-refractivity contribution in [2.24, 2.45) is 0 Å². The summed E-state index contributed by atoms with van der Waals surface area (Å²) in [5.74, 6) is -1.32. The second-order valence-corrected chi connectivity index (χ2v) is 7.18. The maximum absolute atomic E-state index is 12.2. The number of hydrogen-bond donors (Lipinski definition) is 2. The average Bonchev–Trinajstić information content (AvgIpc) is 2.91. The molecule has 1 saturated carbocycles. The molecule has 1 saturated heterocycles. The van der Waals surface area contributed by atoms with Crippen molar-refractivity contribution in [3.8, 4) is 0 Å². The molecular weight excluding hydrogens is 335 g/mol. The second-order valence-electron chi connectivity index (χ2n) is 5.31. The summed E-state index contributed by atoms with van der Waals surface area (Å²) < 4.78 is 0.